The predicted octanol–water partition coefficient (Wildman–Crippen LogP) is 4.22. The van der Waals surface area contributed by atoms with Crippen molar-refractivity contribution in [3.63, 3.8) is 0 Å². The van der Waals surface area contributed by atoms with Crippen LogP contribution in [0.1, 0.15) is 49.7 Å². The van der Waals surface area contributed by atoms with Crippen molar-refractivity contribution in [2.45, 2.75) is 49.6 Å². The molecule has 0 saturated heterocycles. The fraction of sp³-hybridized carbons (Fsp3) is 0.412. The third-order valence-corrected chi connectivity index (χ3v) is 5.17. The van der Waals surface area contributed by atoms with Gasteiger partial charge in [0.05, 0.1) is 10.8 Å². The fourth-order valence-electron chi connectivity index (χ4n) is 2.63. The summed E-state index contributed by atoms with van der Waals surface area (Å²) in [6.07, 6.45) is 2.85. The van der Waals surface area contributed by atoms with E-state index in [1.807, 2.05) is 24.5 Å². The van der Waals surface area contributed by atoms with Crippen molar-refractivity contribution >= 4 is 11.8 Å². The average molecular weight is 359 g/mol. The zero-order valence-corrected chi connectivity index (χ0v) is 14.8. The largest absolute Gasteiger partial charge is 0.338 e. The van der Waals surface area contributed by atoms with E-state index >= 15 is 0 Å². The van der Waals surface area contributed by atoms with Crippen molar-refractivity contribution in [2.24, 2.45) is 0 Å². The molecule has 6 nitrogen and oxygen atoms in total. The van der Waals surface area contributed by atoms with Gasteiger partial charge in [-0.05, 0) is 31.9 Å². The number of halogens is 1. The Morgan fingerprint density at radius 2 is 2.12 bits per heavy atom. The van der Waals surface area contributed by atoms with Gasteiger partial charge in [-0.2, -0.15) is 4.98 Å². The molecule has 1 atom stereocenters. The van der Waals surface area contributed by atoms with Crippen LogP contribution in [0.15, 0.2) is 33.9 Å². The van der Waals surface area contributed by atoms with Gasteiger partial charge in [-0.15, -0.1) is 10.2 Å². The molecule has 8 heteroatoms. The van der Waals surface area contributed by atoms with Crippen LogP contribution in [0, 0.1) is 5.82 Å². The normalized spacial score (nSPS) is 15.5. The van der Waals surface area contributed by atoms with Crippen molar-refractivity contribution in [2.75, 3.05) is 0 Å². The van der Waals surface area contributed by atoms with Crippen molar-refractivity contribution in [1.29, 1.82) is 0 Å². The number of rotatable bonds is 6. The number of nitrogens with zero attached hydrogens (tertiary/aromatic N) is 5. The van der Waals surface area contributed by atoms with Crippen LogP contribution >= 0.6 is 11.8 Å². The Hall–Kier alpha value is -2.22. The highest BCUT2D eigenvalue weighted by Gasteiger charge is 2.32. The topological polar surface area (TPSA) is 69.6 Å². The molecule has 130 valence electrons. The molecule has 4 rings (SSSR count). The van der Waals surface area contributed by atoms with Gasteiger partial charge in [0.25, 0.3) is 0 Å². The first-order chi connectivity index (χ1) is 12.2. The predicted molar refractivity (Wildman–Crippen MR) is 91.6 cm³/mol. The van der Waals surface area contributed by atoms with Crippen molar-refractivity contribution in [3.8, 4) is 11.4 Å². The van der Waals surface area contributed by atoms with Crippen LogP contribution in [0.3, 0.4) is 0 Å². The molecule has 0 amide bonds. The summed E-state index contributed by atoms with van der Waals surface area (Å²) in [7, 11) is 0. The van der Waals surface area contributed by atoms with Gasteiger partial charge in [0.1, 0.15) is 5.82 Å². The molecule has 0 aliphatic heterocycles. The zero-order chi connectivity index (χ0) is 17.4. The molecule has 1 aromatic carbocycles. The van der Waals surface area contributed by atoms with Crippen molar-refractivity contribution in [1.82, 2.24) is 24.9 Å². The molecule has 0 N–H and O–H groups in total. The van der Waals surface area contributed by atoms with Gasteiger partial charge in [-0.25, -0.2) is 4.39 Å². The van der Waals surface area contributed by atoms with E-state index < -0.39 is 0 Å². The minimum absolute atomic E-state index is 0.0528. The molecular formula is C17H18FN5OS. The molecule has 1 aliphatic carbocycles. The van der Waals surface area contributed by atoms with Gasteiger partial charge < -0.3 is 4.52 Å². The van der Waals surface area contributed by atoms with Crippen molar-refractivity contribution in [3.05, 3.63) is 41.8 Å². The summed E-state index contributed by atoms with van der Waals surface area (Å²) in [6, 6.07) is 7.00. The van der Waals surface area contributed by atoms with E-state index in [1.54, 1.807) is 12.1 Å². The molecular weight excluding hydrogens is 341 g/mol. The van der Waals surface area contributed by atoms with E-state index in [1.165, 1.54) is 17.8 Å². The number of thioether (sulfide) groups is 1. The maximum Gasteiger partial charge on any atom is 0.239 e. The molecule has 2 heterocycles. The second kappa shape index (κ2) is 6.59. The number of hydrogen-bond acceptors (Lipinski definition) is 6. The molecule has 2 aromatic heterocycles. The summed E-state index contributed by atoms with van der Waals surface area (Å²) in [5.74, 6) is 1.55. The third-order valence-electron chi connectivity index (χ3n) is 4.12. The fourth-order valence-corrected chi connectivity index (χ4v) is 3.58. The van der Waals surface area contributed by atoms with E-state index in [0.717, 1.165) is 24.4 Å². The first kappa shape index (κ1) is 16.3. The first-order valence-corrected chi connectivity index (χ1v) is 9.24. The van der Waals surface area contributed by atoms with Crippen LogP contribution < -0.4 is 0 Å². The Bertz CT molecular complexity index is 889. The van der Waals surface area contributed by atoms with Crippen LogP contribution in [0.5, 0.6) is 0 Å². The molecule has 25 heavy (non-hydrogen) atoms. The molecule has 0 bridgehead atoms. The maximum absolute atomic E-state index is 14.2. The zero-order valence-electron chi connectivity index (χ0n) is 14.0. The van der Waals surface area contributed by atoms with Gasteiger partial charge in [-0.1, -0.05) is 36.0 Å². The SMILES string of the molecule is CCc1noc(C(C)Sc2nnc(-c3ccccc3F)n2C2CC2)n1. The second-order valence-electron chi connectivity index (χ2n) is 6.05. The maximum atomic E-state index is 14.2. The van der Waals surface area contributed by atoms with E-state index in [-0.39, 0.29) is 11.1 Å². The highest BCUT2D eigenvalue weighted by atomic mass is 32.2. The Morgan fingerprint density at radius 1 is 1.32 bits per heavy atom. The lowest BCUT2D eigenvalue weighted by atomic mass is 10.2. The van der Waals surface area contributed by atoms with Crippen LogP contribution in [-0.2, 0) is 6.42 Å². The number of aromatic nitrogens is 5. The van der Waals surface area contributed by atoms with Gasteiger partial charge in [0, 0.05) is 12.5 Å². The smallest absolute Gasteiger partial charge is 0.239 e. The number of hydrogen-bond donors (Lipinski definition) is 0. The Labute approximate surface area is 148 Å². The summed E-state index contributed by atoms with van der Waals surface area (Å²) in [6.45, 7) is 3.98. The lowest BCUT2D eigenvalue weighted by molar-refractivity contribution is 0.375. The minimum Gasteiger partial charge on any atom is -0.338 e. The summed E-state index contributed by atoms with van der Waals surface area (Å²) in [5, 5.41) is 13.2. The Balaban J connectivity index is 1.65. The number of aryl methyl sites for hydroxylation is 1. The quantitative estimate of drug-likeness (QED) is 0.614. The molecule has 1 fully saturated rings. The van der Waals surface area contributed by atoms with E-state index in [2.05, 4.69) is 20.3 Å². The van der Waals surface area contributed by atoms with E-state index in [0.29, 0.717) is 29.1 Å². The van der Waals surface area contributed by atoms with Gasteiger partial charge >= 0.3 is 0 Å². The lowest BCUT2D eigenvalue weighted by Gasteiger charge is -2.11. The van der Waals surface area contributed by atoms with Gasteiger partial charge in [0.2, 0.25) is 5.89 Å². The summed E-state index contributed by atoms with van der Waals surface area (Å²) in [4.78, 5) is 4.38. The van der Waals surface area contributed by atoms with E-state index in [9.17, 15) is 4.39 Å². The molecule has 3 aromatic rings. The monoisotopic (exact) mass is 359 g/mol. The van der Waals surface area contributed by atoms with Crippen LogP contribution in [0.4, 0.5) is 4.39 Å². The molecule has 0 spiro atoms. The molecule has 1 aliphatic rings. The molecule has 0 radical (unpaired) electrons. The highest BCUT2D eigenvalue weighted by molar-refractivity contribution is 7.99. The van der Waals surface area contributed by atoms with E-state index in [4.69, 9.17) is 4.52 Å². The Kier molecular flexibility index (Phi) is 4.29. The molecule has 1 unspecified atom stereocenters. The molecule has 1 saturated carbocycles. The second-order valence-corrected chi connectivity index (χ2v) is 7.36. The highest BCUT2D eigenvalue weighted by Crippen LogP contribution is 2.43. The Morgan fingerprint density at radius 3 is 2.80 bits per heavy atom. The minimum atomic E-state index is -0.286. The first-order valence-electron chi connectivity index (χ1n) is 8.36. The standard InChI is InChI=1S/C17H18FN5OS/c1-3-14-19-16(24-22-14)10(2)25-17-21-20-15(23(17)11-8-9-11)12-6-4-5-7-13(12)18/h4-7,10-11H,3,8-9H2,1-2H3. The summed E-state index contributed by atoms with van der Waals surface area (Å²) in [5.41, 5.74) is 0.479. The third kappa shape index (κ3) is 3.18. The lowest BCUT2D eigenvalue weighted by Crippen LogP contribution is -2.02. The average Bonchev–Trinajstić information content (AvgIpc) is 3.19. The van der Waals surface area contributed by atoms with Crippen LogP contribution in [-0.4, -0.2) is 24.9 Å². The van der Waals surface area contributed by atoms with Gasteiger partial charge in [0.15, 0.2) is 16.8 Å². The summed E-state index contributed by atoms with van der Waals surface area (Å²) < 4.78 is 21.6. The number of benzene rings is 1. The van der Waals surface area contributed by atoms with Crippen LogP contribution in [0.2, 0.25) is 0 Å². The van der Waals surface area contributed by atoms with Crippen molar-refractivity contribution < 1.29 is 8.91 Å². The van der Waals surface area contributed by atoms with Crippen LogP contribution in [0.25, 0.3) is 11.4 Å². The summed E-state index contributed by atoms with van der Waals surface area (Å²) >= 11 is 1.51. The van der Waals surface area contributed by atoms with Gasteiger partial charge in [-0.3, -0.25) is 4.57 Å².